The van der Waals surface area contributed by atoms with Gasteiger partial charge in [-0.05, 0) is 43.3 Å². The second-order valence-electron chi connectivity index (χ2n) is 6.41. The quantitative estimate of drug-likeness (QED) is 0.393. The Labute approximate surface area is 165 Å². The van der Waals surface area contributed by atoms with E-state index in [1.54, 1.807) is 24.3 Å². The molecule has 0 aliphatic rings. The van der Waals surface area contributed by atoms with E-state index >= 15 is 0 Å². The number of non-ortho nitro benzene ring substituents is 1. The maximum absolute atomic E-state index is 12.5. The fourth-order valence-corrected chi connectivity index (χ4v) is 3.22. The molecular formula is C21H18N4O4. The molecule has 0 bridgehead atoms. The van der Waals surface area contributed by atoms with Gasteiger partial charge in [0.25, 0.3) is 11.6 Å². The molecule has 0 unspecified atom stereocenters. The van der Waals surface area contributed by atoms with E-state index in [1.807, 2.05) is 31.2 Å². The van der Waals surface area contributed by atoms with Crippen molar-refractivity contribution in [3.05, 3.63) is 82.4 Å². The average Bonchev–Trinajstić information content (AvgIpc) is 3.36. The molecule has 0 saturated heterocycles. The highest BCUT2D eigenvalue weighted by Crippen LogP contribution is 2.24. The van der Waals surface area contributed by atoms with Crippen LogP contribution in [-0.2, 0) is 13.1 Å². The van der Waals surface area contributed by atoms with E-state index in [9.17, 15) is 14.9 Å². The van der Waals surface area contributed by atoms with Crippen LogP contribution in [0.25, 0.3) is 22.4 Å². The van der Waals surface area contributed by atoms with Crippen molar-refractivity contribution in [3.63, 3.8) is 0 Å². The number of aryl methyl sites for hydroxylation is 1. The second-order valence-corrected chi connectivity index (χ2v) is 6.41. The fraction of sp³-hybridized carbons (Fsp3) is 0.143. The predicted molar refractivity (Wildman–Crippen MR) is 107 cm³/mol. The van der Waals surface area contributed by atoms with Crippen LogP contribution in [0.3, 0.4) is 0 Å². The minimum Gasteiger partial charge on any atom is -0.451 e. The molecule has 146 valence electrons. The molecule has 2 aromatic heterocycles. The largest absolute Gasteiger partial charge is 0.451 e. The first-order chi connectivity index (χ1) is 14.1. The smallest absolute Gasteiger partial charge is 0.287 e. The van der Waals surface area contributed by atoms with Crippen molar-refractivity contribution < 1.29 is 14.1 Å². The minimum absolute atomic E-state index is 0.00270. The molecule has 4 aromatic rings. The summed E-state index contributed by atoms with van der Waals surface area (Å²) in [6.45, 7) is 3.05. The minimum atomic E-state index is -0.464. The van der Waals surface area contributed by atoms with Gasteiger partial charge in [0, 0.05) is 24.2 Å². The van der Waals surface area contributed by atoms with E-state index in [1.165, 1.54) is 12.1 Å². The molecule has 1 amide bonds. The number of nitro groups is 1. The third-order valence-corrected chi connectivity index (χ3v) is 4.65. The Morgan fingerprint density at radius 3 is 2.62 bits per heavy atom. The first-order valence-corrected chi connectivity index (χ1v) is 9.14. The van der Waals surface area contributed by atoms with Gasteiger partial charge in [-0.3, -0.25) is 14.9 Å². The molecule has 0 saturated carbocycles. The van der Waals surface area contributed by atoms with E-state index in [2.05, 4.69) is 14.9 Å². The zero-order chi connectivity index (χ0) is 20.4. The molecule has 2 heterocycles. The molecule has 2 aromatic carbocycles. The van der Waals surface area contributed by atoms with Gasteiger partial charge < -0.3 is 14.3 Å². The zero-order valence-corrected chi connectivity index (χ0v) is 15.7. The Balaban J connectivity index is 1.48. The molecule has 0 aliphatic carbocycles. The number of hydrogen-bond donors (Lipinski definition) is 1. The van der Waals surface area contributed by atoms with Crippen LogP contribution >= 0.6 is 0 Å². The van der Waals surface area contributed by atoms with Crippen LogP contribution in [0, 0.1) is 10.1 Å². The van der Waals surface area contributed by atoms with Crippen LogP contribution < -0.4 is 5.32 Å². The summed E-state index contributed by atoms with van der Waals surface area (Å²) in [5, 5.41) is 13.6. The SMILES string of the molecule is CCn1c(CNC(=O)c2ccc(-c3ccc([N+](=O)[O-])cc3)o2)nc2ccccc21. The lowest BCUT2D eigenvalue weighted by atomic mass is 10.1. The van der Waals surface area contributed by atoms with E-state index in [4.69, 9.17) is 4.42 Å². The number of nitro benzene ring substituents is 1. The zero-order valence-electron chi connectivity index (χ0n) is 15.7. The number of hydrogen-bond acceptors (Lipinski definition) is 5. The second kappa shape index (κ2) is 7.59. The lowest BCUT2D eigenvalue weighted by Gasteiger charge is -2.06. The molecule has 29 heavy (non-hydrogen) atoms. The Morgan fingerprint density at radius 2 is 1.90 bits per heavy atom. The Kier molecular flexibility index (Phi) is 4.82. The molecule has 0 fully saturated rings. The maximum Gasteiger partial charge on any atom is 0.287 e. The van der Waals surface area contributed by atoms with Gasteiger partial charge in [0.15, 0.2) is 5.76 Å². The van der Waals surface area contributed by atoms with Gasteiger partial charge in [0.1, 0.15) is 11.6 Å². The third kappa shape index (κ3) is 3.60. The van der Waals surface area contributed by atoms with Crippen molar-refractivity contribution in [2.45, 2.75) is 20.0 Å². The van der Waals surface area contributed by atoms with E-state index < -0.39 is 4.92 Å². The number of furan rings is 1. The summed E-state index contributed by atoms with van der Waals surface area (Å²) >= 11 is 0. The van der Waals surface area contributed by atoms with Gasteiger partial charge in [0.05, 0.1) is 22.5 Å². The molecule has 1 N–H and O–H groups in total. The summed E-state index contributed by atoms with van der Waals surface area (Å²) < 4.78 is 7.68. The van der Waals surface area contributed by atoms with Gasteiger partial charge in [-0.15, -0.1) is 0 Å². The molecule has 0 spiro atoms. The van der Waals surface area contributed by atoms with Gasteiger partial charge in [0.2, 0.25) is 0 Å². The number of benzene rings is 2. The monoisotopic (exact) mass is 390 g/mol. The highest BCUT2D eigenvalue weighted by Gasteiger charge is 2.15. The summed E-state index contributed by atoms with van der Waals surface area (Å²) in [6, 6.07) is 17.0. The van der Waals surface area contributed by atoms with E-state index in [0.29, 0.717) is 11.3 Å². The number of carbonyl (C=O) groups excluding carboxylic acids is 1. The number of para-hydroxylation sites is 2. The molecule has 0 atom stereocenters. The van der Waals surface area contributed by atoms with Crippen LogP contribution in [0.4, 0.5) is 5.69 Å². The first kappa shape index (κ1) is 18.4. The third-order valence-electron chi connectivity index (χ3n) is 4.65. The topological polar surface area (TPSA) is 103 Å². The van der Waals surface area contributed by atoms with Gasteiger partial charge in [-0.2, -0.15) is 0 Å². The van der Waals surface area contributed by atoms with Crippen molar-refractivity contribution in [1.82, 2.24) is 14.9 Å². The summed E-state index contributed by atoms with van der Waals surface area (Å²) in [5.41, 5.74) is 2.56. The predicted octanol–water partition coefficient (Wildman–Crippen LogP) is 4.15. The number of carbonyl (C=O) groups is 1. The Morgan fingerprint density at radius 1 is 1.14 bits per heavy atom. The standard InChI is InChI=1S/C21H18N4O4/c1-2-24-17-6-4-3-5-16(17)23-20(24)13-22-21(26)19-12-11-18(29-19)14-7-9-15(10-8-14)25(27)28/h3-12H,2,13H2,1H3,(H,22,26). The van der Waals surface area contributed by atoms with Crippen molar-refractivity contribution in [2.24, 2.45) is 0 Å². The van der Waals surface area contributed by atoms with Gasteiger partial charge in [-0.25, -0.2) is 4.98 Å². The van der Waals surface area contributed by atoms with E-state index in [0.717, 1.165) is 23.4 Å². The van der Waals surface area contributed by atoms with Crippen molar-refractivity contribution in [1.29, 1.82) is 0 Å². The fourth-order valence-electron chi connectivity index (χ4n) is 3.22. The molecule has 0 aliphatic heterocycles. The lowest BCUT2D eigenvalue weighted by molar-refractivity contribution is -0.384. The average molecular weight is 390 g/mol. The summed E-state index contributed by atoms with van der Waals surface area (Å²) in [4.78, 5) is 27.4. The van der Waals surface area contributed by atoms with Crippen LogP contribution in [0.1, 0.15) is 23.3 Å². The normalized spacial score (nSPS) is 10.9. The summed E-state index contributed by atoms with van der Waals surface area (Å²) in [7, 11) is 0. The van der Waals surface area contributed by atoms with Gasteiger partial charge >= 0.3 is 0 Å². The molecule has 8 heteroatoms. The van der Waals surface area contributed by atoms with E-state index in [-0.39, 0.29) is 23.9 Å². The maximum atomic E-state index is 12.5. The van der Waals surface area contributed by atoms with Crippen LogP contribution in [0.15, 0.2) is 65.1 Å². The number of amides is 1. The molecule has 4 rings (SSSR count). The van der Waals surface area contributed by atoms with Crippen molar-refractivity contribution in [3.8, 4) is 11.3 Å². The number of fused-ring (bicyclic) bond motifs is 1. The first-order valence-electron chi connectivity index (χ1n) is 9.14. The number of rotatable bonds is 6. The van der Waals surface area contributed by atoms with Crippen LogP contribution in [0.5, 0.6) is 0 Å². The summed E-state index contributed by atoms with van der Waals surface area (Å²) in [5.74, 6) is 1.04. The van der Waals surface area contributed by atoms with Crippen molar-refractivity contribution >= 4 is 22.6 Å². The van der Waals surface area contributed by atoms with Gasteiger partial charge in [-0.1, -0.05) is 12.1 Å². The number of aromatic nitrogens is 2. The molecule has 8 nitrogen and oxygen atoms in total. The highest BCUT2D eigenvalue weighted by atomic mass is 16.6. The van der Waals surface area contributed by atoms with Crippen LogP contribution in [-0.4, -0.2) is 20.4 Å². The molecular weight excluding hydrogens is 372 g/mol. The lowest BCUT2D eigenvalue weighted by Crippen LogP contribution is -2.24. The summed E-state index contributed by atoms with van der Waals surface area (Å²) in [6.07, 6.45) is 0. The Hall–Kier alpha value is -3.94. The molecule has 0 radical (unpaired) electrons. The number of nitrogens with zero attached hydrogens (tertiary/aromatic N) is 3. The van der Waals surface area contributed by atoms with Crippen LogP contribution in [0.2, 0.25) is 0 Å². The number of nitrogens with one attached hydrogen (secondary N) is 1. The van der Waals surface area contributed by atoms with Crippen molar-refractivity contribution in [2.75, 3.05) is 0 Å². The Bertz CT molecular complexity index is 1190. The highest BCUT2D eigenvalue weighted by molar-refractivity contribution is 5.92. The number of imidazole rings is 1.